The van der Waals surface area contributed by atoms with Gasteiger partial charge in [0.1, 0.15) is 0 Å². The van der Waals surface area contributed by atoms with Gasteiger partial charge in [0, 0.05) is 4.88 Å². The Bertz CT molecular complexity index is 462. The summed E-state index contributed by atoms with van der Waals surface area (Å²) in [7, 11) is -3.51. The van der Waals surface area contributed by atoms with Crippen LogP contribution >= 0.6 is 11.3 Å². The minimum atomic E-state index is -3.51. The number of sulfonamides is 1. The average Bonchev–Trinajstić information content (AvgIpc) is 2.37. The van der Waals surface area contributed by atoms with Gasteiger partial charge in [-0.3, -0.25) is 4.79 Å². The predicted molar refractivity (Wildman–Crippen MR) is 50.9 cm³/mol. The number of hydrogen-bond donors (Lipinski definition) is 1. The third-order valence-corrected chi connectivity index (χ3v) is 4.45. The molecule has 1 aromatic heterocycles. The minimum absolute atomic E-state index is 0. The molecule has 2 rings (SSSR count). The molecule has 1 N–H and O–H groups in total. The van der Waals surface area contributed by atoms with Crippen LogP contribution in [-0.2, 0) is 10.0 Å². The molecular formula is C6H6KNO3S2. The summed E-state index contributed by atoms with van der Waals surface area (Å²) >= 11 is 1.12. The second-order valence-corrected chi connectivity index (χ2v) is 5.63. The summed E-state index contributed by atoms with van der Waals surface area (Å²) in [5.74, 6) is -0.519. The van der Waals surface area contributed by atoms with Crippen LogP contribution < -0.4 is 4.72 Å². The number of fused-ring (bicyclic) bond motifs is 1. The molecule has 0 atom stereocenters. The molecule has 0 radical (unpaired) electrons. The molecule has 0 spiro atoms. The van der Waals surface area contributed by atoms with E-state index in [1.165, 1.54) is 0 Å². The van der Waals surface area contributed by atoms with Crippen molar-refractivity contribution in [2.24, 2.45) is 0 Å². The maximum atomic E-state index is 11.2. The number of rotatable bonds is 0. The Morgan fingerprint density at radius 2 is 2.08 bits per heavy atom. The first kappa shape index (κ1) is 11.8. The summed E-state index contributed by atoms with van der Waals surface area (Å²) in [5.41, 5.74) is 0.275. The van der Waals surface area contributed by atoms with E-state index in [9.17, 15) is 13.2 Å². The summed E-state index contributed by atoms with van der Waals surface area (Å²) in [6.45, 7) is 1.77. The molecule has 0 aliphatic carbocycles. The van der Waals surface area contributed by atoms with E-state index in [1.54, 1.807) is 13.0 Å². The molecule has 0 aromatic carbocycles. The zero-order valence-electron chi connectivity index (χ0n) is 6.12. The molecule has 1 aliphatic heterocycles. The van der Waals surface area contributed by atoms with Crippen LogP contribution in [0.15, 0.2) is 10.3 Å². The Balaban J connectivity index is 0.000000845. The molecule has 0 fully saturated rings. The second-order valence-electron chi connectivity index (χ2n) is 2.49. The standard InChI is InChI=1S/C6H5NO3S2.K.H/c1-3-2-4-5(8)7-12(9,10)6(4)11-3;;/h2H,1H3,(H,7,8);;. The second kappa shape index (κ2) is 3.72. The van der Waals surface area contributed by atoms with E-state index in [2.05, 4.69) is 0 Å². The molecule has 7 heteroatoms. The number of thiophene rings is 1. The van der Waals surface area contributed by atoms with Crippen molar-refractivity contribution in [2.75, 3.05) is 0 Å². The molecule has 1 aliphatic rings. The van der Waals surface area contributed by atoms with Crippen molar-refractivity contribution >= 4 is 78.7 Å². The number of aryl methyl sites for hydroxylation is 1. The van der Waals surface area contributed by atoms with Crippen molar-refractivity contribution in [3.8, 4) is 0 Å². The van der Waals surface area contributed by atoms with Gasteiger partial charge in [0.25, 0.3) is 15.9 Å². The molecule has 0 bridgehead atoms. The van der Waals surface area contributed by atoms with Crippen LogP contribution in [0.2, 0.25) is 0 Å². The van der Waals surface area contributed by atoms with Gasteiger partial charge in [0.15, 0.2) is 4.21 Å². The van der Waals surface area contributed by atoms with Crippen molar-refractivity contribution in [3.05, 3.63) is 16.5 Å². The predicted octanol–water partition coefficient (Wildman–Crippen LogP) is -0.160. The van der Waals surface area contributed by atoms with Crippen LogP contribution in [0, 0.1) is 6.92 Å². The molecule has 2 heterocycles. The van der Waals surface area contributed by atoms with Gasteiger partial charge in [-0.2, -0.15) is 0 Å². The SMILES string of the molecule is Cc1cc2c(s1)S(=O)(=O)NC2=O.[KH]. The first-order chi connectivity index (χ1) is 5.50. The van der Waals surface area contributed by atoms with Crippen molar-refractivity contribution in [2.45, 2.75) is 11.1 Å². The van der Waals surface area contributed by atoms with Crippen LogP contribution in [0.4, 0.5) is 0 Å². The summed E-state index contributed by atoms with van der Waals surface area (Å²) in [4.78, 5) is 11.8. The summed E-state index contributed by atoms with van der Waals surface area (Å²) in [6, 6.07) is 1.58. The van der Waals surface area contributed by atoms with Crippen LogP contribution in [0.1, 0.15) is 15.2 Å². The zero-order valence-corrected chi connectivity index (χ0v) is 7.75. The molecule has 0 unspecified atom stereocenters. The van der Waals surface area contributed by atoms with E-state index in [1.807, 2.05) is 4.72 Å². The van der Waals surface area contributed by atoms with Gasteiger partial charge in [0.05, 0.1) is 5.56 Å². The number of nitrogens with one attached hydrogen (secondary N) is 1. The molecule has 66 valence electrons. The van der Waals surface area contributed by atoms with E-state index < -0.39 is 15.9 Å². The van der Waals surface area contributed by atoms with Gasteiger partial charge >= 0.3 is 51.4 Å². The van der Waals surface area contributed by atoms with Gasteiger partial charge in [-0.25, -0.2) is 13.1 Å². The van der Waals surface area contributed by atoms with Crippen LogP contribution in [0.25, 0.3) is 0 Å². The van der Waals surface area contributed by atoms with E-state index in [0.717, 1.165) is 16.2 Å². The fourth-order valence-electron chi connectivity index (χ4n) is 1.07. The molecule has 0 saturated heterocycles. The van der Waals surface area contributed by atoms with Crippen LogP contribution in [0.5, 0.6) is 0 Å². The van der Waals surface area contributed by atoms with Crippen LogP contribution in [0.3, 0.4) is 0 Å². The number of carbonyl (C=O) groups excluding carboxylic acids is 1. The van der Waals surface area contributed by atoms with Crippen molar-refractivity contribution in [3.63, 3.8) is 0 Å². The van der Waals surface area contributed by atoms with Gasteiger partial charge in [0.2, 0.25) is 0 Å². The molecule has 1 amide bonds. The monoisotopic (exact) mass is 243 g/mol. The van der Waals surface area contributed by atoms with Crippen LogP contribution in [-0.4, -0.2) is 65.7 Å². The maximum absolute atomic E-state index is 11.2. The van der Waals surface area contributed by atoms with E-state index in [4.69, 9.17) is 0 Å². The zero-order chi connectivity index (χ0) is 8.93. The quantitative estimate of drug-likeness (QED) is 0.644. The first-order valence-corrected chi connectivity index (χ1v) is 5.48. The molecule has 4 nitrogen and oxygen atoms in total. The van der Waals surface area contributed by atoms with Gasteiger partial charge in [-0.1, -0.05) is 0 Å². The number of hydrogen-bond acceptors (Lipinski definition) is 4. The van der Waals surface area contributed by atoms with E-state index >= 15 is 0 Å². The fourth-order valence-corrected chi connectivity index (χ4v) is 3.65. The van der Waals surface area contributed by atoms with Gasteiger partial charge in [-0.15, -0.1) is 11.3 Å². The normalized spacial score (nSPS) is 17.5. The Morgan fingerprint density at radius 3 is 2.62 bits per heavy atom. The summed E-state index contributed by atoms with van der Waals surface area (Å²) in [6.07, 6.45) is 0. The van der Waals surface area contributed by atoms with E-state index in [-0.39, 0.29) is 61.2 Å². The number of carbonyl (C=O) groups is 1. The summed E-state index contributed by atoms with van der Waals surface area (Å²) < 4.78 is 24.4. The summed E-state index contributed by atoms with van der Waals surface area (Å²) in [5, 5.41) is 0. The Kier molecular flexibility index (Phi) is 3.39. The van der Waals surface area contributed by atoms with Crippen molar-refractivity contribution in [1.29, 1.82) is 0 Å². The Morgan fingerprint density at radius 1 is 1.46 bits per heavy atom. The molecular weight excluding hydrogens is 237 g/mol. The van der Waals surface area contributed by atoms with Crippen molar-refractivity contribution in [1.82, 2.24) is 4.72 Å². The molecule has 1 aromatic rings. The van der Waals surface area contributed by atoms with Gasteiger partial charge in [-0.05, 0) is 13.0 Å². The average molecular weight is 243 g/mol. The number of amides is 1. The topological polar surface area (TPSA) is 63.2 Å². The first-order valence-electron chi connectivity index (χ1n) is 3.18. The van der Waals surface area contributed by atoms with E-state index in [0.29, 0.717) is 0 Å². The third-order valence-electron chi connectivity index (χ3n) is 1.54. The Labute approximate surface area is 122 Å². The Hall–Kier alpha value is 0.756. The fraction of sp³-hybridized carbons (Fsp3) is 0.167. The molecule has 13 heavy (non-hydrogen) atoms. The third kappa shape index (κ3) is 1.92. The van der Waals surface area contributed by atoms with Gasteiger partial charge < -0.3 is 0 Å². The molecule has 0 saturated carbocycles. The van der Waals surface area contributed by atoms with Crippen molar-refractivity contribution < 1.29 is 13.2 Å².